The summed E-state index contributed by atoms with van der Waals surface area (Å²) in [6, 6.07) is 0.644. The van der Waals surface area contributed by atoms with Crippen molar-refractivity contribution in [1.29, 1.82) is 0 Å². The van der Waals surface area contributed by atoms with Gasteiger partial charge in [-0.2, -0.15) is 4.98 Å². The van der Waals surface area contributed by atoms with Crippen molar-refractivity contribution in [3.05, 3.63) is 11.7 Å². The molecule has 3 aliphatic rings. The van der Waals surface area contributed by atoms with Crippen molar-refractivity contribution < 1.29 is 9.26 Å². The highest BCUT2D eigenvalue weighted by molar-refractivity contribution is 4.93. The molecule has 1 aromatic heterocycles. The van der Waals surface area contributed by atoms with Crippen LogP contribution >= 0.6 is 0 Å². The van der Waals surface area contributed by atoms with Crippen molar-refractivity contribution in [3.8, 4) is 0 Å². The minimum Gasteiger partial charge on any atom is -0.383 e. The van der Waals surface area contributed by atoms with E-state index in [1.165, 1.54) is 19.4 Å². The number of methoxy groups -OCH3 is 1. The van der Waals surface area contributed by atoms with Crippen LogP contribution in [-0.2, 0) is 17.7 Å². The van der Waals surface area contributed by atoms with E-state index in [4.69, 9.17) is 9.26 Å². The van der Waals surface area contributed by atoms with Gasteiger partial charge in [0, 0.05) is 45.8 Å². The van der Waals surface area contributed by atoms with Gasteiger partial charge in [-0.3, -0.25) is 9.80 Å². The first-order valence-corrected chi connectivity index (χ1v) is 8.91. The van der Waals surface area contributed by atoms with Crippen LogP contribution in [0.1, 0.15) is 38.4 Å². The Morgan fingerprint density at radius 3 is 2.91 bits per heavy atom. The summed E-state index contributed by atoms with van der Waals surface area (Å²) in [4.78, 5) is 9.68. The monoisotopic (exact) mass is 322 g/mol. The second-order valence-electron chi connectivity index (χ2n) is 7.48. The summed E-state index contributed by atoms with van der Waals surface area (Å²) in [5.74, 6) is 2.92. The fourth-order valence-corrected chi connectivity index (χ4v) is 3.87. The maximum atomic E-state index is 5.38. The lowest BCUT2D eigenvalue weighted by Gasteiger charge is -2.35. The van der Waals surface area contributed by atoms with Crippen LogP contribution in [0.3, 0.4) is 0 Å². The molecule has 3 fully saturated rings. The second kappa shape index (κ2) is 7.73. The molecule has 0 aromatic carbocycles. The summed E-state index contributed by atoms with van der Waals surface area (Å²) >= 11 is 0. The van der Waals surface area contributed by atoms with E-state index in [9.17, 15) is 0 Å². The number of nitrogens with zero attached hydrogens (tertiary/aromatic N) is 4. The summed E-state index contributed by atoms with van der Waals surface area (Å²) in [5, 5.41) is 4.17. The number of fused-ring (bicyclic) bond motifs is 4. The van der Waals surface area contributed by atoms with Gasteiger partial charge in [-0.25, -0.2) is 0 Å². The molecule has 2 atom stereocenters. The molecule has 6 heteroatoms. The number of hydrogen-bond donors (Lipinski definition) is 0. The molecule has 0 unspecified atom stereocenters. The maximum Gasteiger partial charge on any atom is 0.226 e. The summed E-state index contributed by atoms with van der Waals surface area (Å²) < 4.78 is 10.6. The lowest BCUT2D eigenvalue weighted by atomic mass is 9.95. The highest BCUT2D eigenvalue weighted by Crippen LogP contribution is 2.28. The Bertz CT molecular complexity index is 491. The van der Waals surface area contributed by atoms with Crippen molar-refractivity contribution in [2.45, 2.75) is 45.7 Å². The molecule has 1 aromatic rings. The van der Waals surface area contributed by atoms with E-state index in [0.717, 1.165) is 56.8 Å². The third-order valence-corrected chi connectivity index (χ3v) is 4.94. The SMILES string of the molecule is COCCN1C[C@@H]2CC[C@H]1CN(Cc1noc(CC(C)C)n1)C2. The van der Waals surface area contributed by atoms with Crippen LogP contribution in [0, 0.1) is 11.8 Å². The van der Waals surface area contributed by atoms with Crippen molar-refractivity contribution in [2.24, 2.45) is 11.8 Å². The van der Waals surface area contributed by atoms with Gasteiger partial charge in [0.05, 0.1) is 13.2 Å². The van der Waals surface area contributed by atoms with E-state index in [1.807, 2.05) is 0 Å². The number of hydrogen-bond acceptors (Lipinski definition) is 6. The third kappa shape index (κ3) is 4.52. The van der Waals surface area contributed by atoms with Gasteiger partial charge in [-0.15, -0.1) is 0 Å². The van der Waals surface area contributed by atoms with Crippen LogP contribution in [-0.4, -0.2) is 65.9 Å². The van der Waals surface area contributed by atoms with E-state index >= 15 is 0 Å². The number of ether oxygens (including phenoxy) is 1. The molecular formula is C17H30N4O2. The fourth-order valence-electron chi connectivity index (χ4n) is 3.87. The van der Waals surface area contributed by atoms with Gasteiger partial charge in [0.2, 0.25) is 5.89 Å². The number of aromatic nitrogens is 2. The van der Waals surface area contributed by atoms with Crippen LogP contribution in [0.5, 0.6) is 0 Å². The first-order valence-electron chi connectivity index (χ1n) is 8.91. The third-order valence-electron chi connectivity index (χ3n) is 4.94. The molecule has 4 heterocycles. The van der Waals surface area contributed by atoms with Gasteiger partial charge in [0.15, 0.2) is 5.82 Å². The molecule has 0 spiro atoms. The molecular weight excluding hydrogens is 292 g/mol. The molecule has 0 radical (unpaired) electrons. The topological polar surface area (TPSA) is 54.6 Å². The van der Waals surface area contributed by atoms with E-state index in [-0.39, 0.29) is 0 Å². The molecule has 0 aliphatic carbocycles. The van der Waals surface area contributed by atoms with Crippen molar-refractivity contribution in [2.75, 3.05) is 39.9 Å². The van der Waals surface area contributed by atoms with Gasteiger partial charge in [-0.1, -0.05) is 19.0 Å². The van der Waals surface area contributed by atoms with Gasteiger partial charge in [-0.05, 0) is 24.7 Å². The zero-order chi connectivity index (χ0) is 16.2. The Morgan fingerprint density at radius 2 is 2.13 bits per heavy atom. The normalized spacial score (nSPS) is 26.1. The van der Waals surface area contributed by atoms with Crippen LogP contribution in [0.2, 0.25) is 0 Å². The lowest BCUT2D eigenvalue weighted by molar-refractivity contribution is 0.0866. The molecule has 0 saturated carbocycles. The largest absolute Gasteiger partial charge is 0.383 e. The molecule has 0 N–H and O–H groups in total. The minimum atomic E-state index is 0.548. The quantitative estimate of drug-likeness (QED) is 0.763. The van der Waals surface area contributed by atoms with Crippen molar-refractivity contribution in [1.82, 2.24) is 19.9 Å². The smallest absolute Gasteiger partial charge is 0.226 e. The van der Waals surface area contributed by atoms with Gasteiger partial charge in [0.1, 0.15) is 0 Å². The molecule has 130 valence electrons. The molecule has 2 bridgehead atoms. The van der Waals surface area contributed by atoms with Gasteiger partial charge >= 0.3 is 0 Å². The van der Waals surface area contributed by atoms with Crippen LogP contribution in [0.4, 0.5) is 0 Å². The molecule has 0 amide bonds. The average molecular weight is 322 g/mol. The van der Waals surface area contributed by atoms with Crippen LogP contribution in [0.15, 0.2) is 4.52 Å². The Hall–Kier alpha value is -0.980. The lowest BCUT2D eigenvalue weighted by Crippen LogP contribution is -2.45. The van der Waals surface area contributed by atoms with E-state index in [1.54, 1.807) is 7.11 Å². The number of piperidine rings is 1. The maximum absolute atomic E-state index is 5.38. The first-order chi connectivity index (χ1) is 11.1. The van der Waals surface area contributed by atoms with Crippen molar-refractivity contribution in [3.63, 3.8) is 0 Å². The van der Waals surface area contributed by atoms with E-state index in [2.05, 4.69) is 33.8 Å². The molecule has 23 heavy (non-hydrogen) atoms. The summed E-state index contributed by atoms with van der Waals surface area (Å²) in [6.45, 7) is 10.5. The summed E-state index contributed by atoms with van der Waals surface area (Å²) in [6.07, 6.45) is 3.51. The standard InChI is InChI=1S/C17H30N4O2/c1-13(2)8-17-18-16(19-23-17)12-20-9-14-4-5-15(11-20)21(10-14)6-7-22-3/h13-15H,4-12H2,1-3H3/t14-,15+/m1/s1. The highest BCUT2D eigenvalue weighted by Gasteiger charge is 2.34. The van der Waals surface area contributed by atoms with E-state index in [0.29, 0.717) is 12.0 Å². The predicted octanol–water partition coefficient (Wildman–Crippen LogP) is 1.81. The Morgan fingerprint density at radius 1 is 1.26 bits per heavy atom. The number of rotatable bonds is 7. The minimum absolute atomic E-state index is 0.548. The van der Waals surface area contributed by atoms with Crippen LogP contribution < -0.4 is 0 Å². The Kier molecular flexibility index (Phi) is 5.67. The van der Waals surface area contributed by atoms with Crippen LogP contribution in [0.25, 0.3) is 0 Å². The molecule has 3 aliphatic heterocycles. The Balaban J connectivity index is 1.58. The summed E-state index contributed by atoms with van der Waals surface area (Å²) in [5.41, 5.74) is 0. The highest BCUT2D eigenvalue weighted by atomic mass is 16.5. The van der Waals surface area contributed by atoms with Gasteiger partial charge < -0.3 is 9.26 Å². The molecule has 3 saturated heterocycles. The van der Waals surface area contributed by atoms with Gasteiger partial charge in [0.25, 0.3) is 0 Å². The molecule has 6 nitrogen and oxygen atoms in total. The summed E-state index contributed by atoms with van der Waals surface area (Å²) in [7, 11) is 1.79. The first kappa shape index (κ1) is 16.9. The predicted molar refractivity (Wildman–Crippen MR) is 88.1 cm³/mol. The molecule has 4 rings (SSSR count). The average Bonchev–Trinajstić information content (AvgIpc) is 2.75. The van der Waals surface area contributed by atoms with E-state index < -0.39 is 0 Å². The zero-order valence-corrected chi connectivity index (χ0v) is 14.7. The second-order valence-corrected chi connectivity index (χ2v) is 7.48. The fraction of sp³-hybridized carbons (Fsp3) is 0.882. The zero-order valence-electron chi connectivity index (χ0n) is 14.7. The Labute approximate surface area is 139 Å². The van der Waals surface area contributed by atoms with Crippen molar-refractivity contribution >= 4 is 0 Å².